The molecule has 2 aromatic rings. The summed E-state index contributed by atoms with van der Waals surface area (Å²) in [4.78, 5) is 26.0. The van der Waals surface area contributed by atoms with Gasteiger partial charge in [-0.3, -0.25) is 9.69 Å². The van der Waals surface area contributed by atoms with Crippen LogP contribution >= 0.6 is 11.6 Å². The van der Waals surface area contributed by atoms with Gasteiger partial charge in [0.25, 0.3) is 5.91 Å². The molecule has 1 aromatic heterocycles. The van der Waals surface area contributed by atoms with Crippen molar-refractivity contribution in [2.75, 3.05) is 39.3 Å². The summed E-state index contributed by atoms with van der Waals surface area (Å²) in [7, 11) is 0. The Balaban J connectivity index is 1.48. The Morgan fingerprint density at radius 3 is 2.62 bits per heavy atom. The van der Waals surface area contributed by atoms with Gasteiger partial charge in [0.2, 0.25) is 0 Å². The zero-order chi connectivity index (χ0) is 22.8. The van der Waals surface area contributed by atoms with E-state index in [1.54, 1.807) is 18.7 Å². The molecule has 32 heavy (non-hydrogen) atoms. The number of nitrogens with one attached hydrogen (secondary N) is 1. The number of carbonyl (C=O) groups is 1. The number of aryl methyl sites for hydroxylation is 2. The Bertz CT molecular complexity index is 1020. The van der Waals surface area contributed by atoms with Gasteiger partial charge in [0.15, 0.2) is 0 Å². The average molecular weight is 460 g/mol. The van der Waals surface area contributed by atoms with E-state index in [0.717, 1.165) is 19.6 Å². The normalized spacial score (nSPS) is 19.1. The SMILES string of the molecule is Cc1nc(C2CN(C(=O)c3ccc(F)cc3OCCN3CCCC3)CC2=N)nc(C)c1Cl. The summed E-state index contributed by atoms with van der Waals surface area (Å²) in [6.45, 7) is 7.26. The zero-order valence-electron chi connectivity index (χ0n) is 18.3. The van der Waals surface area contributed by atoms with E-state index in [1.165, 1.54) is 31.0 Å². The second-order valence-electron chi connectivity index (χ2n) is 8.37. The van der Waals surface area contributed by atoms with Crippen LogP contribution in [0.4, 0.5) is 4.39 Å². The smallest absolute Gasteiger partial charge is 0.257 e. The monoisotopic (exact) mass is 459 g/mol. The van der Waals surface area contributed by atoms with Gasteiger partial charge in [-0.1, -0.05) is 11.6 Å². The predicted octanol–water partition coefficient (Wildman–Crippen LogP) is 3.62. The van der Waals surface area contributed by atoms with Crippen LogP contribution in [0, 0.1) is 25.1 Å². The fraction of sp³-hybridized carbons (Fsp3) is 0.478. The van der Waals surface area contributed by atoms with Gasteiger partial charge in [-0.05, 0) is 51.9 Å². The van der Waals surface area contributed by atoms with Crippen LogP contribution in [0.1, 0.15) is 46.3 Å². The minimum atomic E-state index is -0.453. The molecule has 0 radical (unpaired) electrons. The maximum Gasteiger partial charge on any atom is 0.257 e. The van der Waals surface area contributed by atoms with Crippen molar-refractivity contribution in [3.05, 3.63) is 51.8 Å². The van der Waals surface area contributed by atoms with Gasteiger partial charge in [0.1, 0.15) is 24.0 Å². The van der Waals surface area contributed by atoms with E-state index in [4.69, 9.17) is 21.7 Å². The van der Waals surface area contributed by atoms with E-state index in [2.05, 4.69) is 14.9 Å². The third-order valence-electron chi connectivity index (χ3n) is 6.02. The number of halogens is 2. The third kappa shape index (κ3) is 4.76. The largest absolute Gasteiger partial charge is 0.491 e. The zero-order valence-corrected chi connectivity index (χ0v) is 19.1. The number of hydrogen-bond acceptors (Lipinski definition) is 6. The van der Waals surface area contributed by atoms with Crippen molar-refractivity contribution in [1.29, 1.82) is 5.41 Å². The van der Waals surface area contributed by atoms with E-state index in [1.807, 2.05) is 0 Å². The number of rotatable bonds is 6. The van der Waals surface area contributed by atoms with Crippen molar-refractivity contribution < 1.29 is 13.9 Å². The summed E-state index contributed by atoms with van der Waals surface area (Å²) in [6, 6.07) is 3.96. The first-order valence-corrected chi connectivity index (χ1v) is 11.2. The number of amides is 1. The molecule has 1 unspecified atom stereocenters. The Morgan fingerprint density at radius 1 is 1.25 bits per heavy atom. The number of carbonyl (C=O) groups excluding carboxylic acids is 1. The van der Waals surface area contributed by atoms with E-state index in [0.29, 0.717) is 40.1 Å². The van der Waals surface area contributed by atoms with E-state index in [-0.39, 0.29) is 24.7 Å². The van der Waals surface area contributed by atoms with Gasteiger partial charge in [-0.25, -0.2) is 14.4 Å². The van der Waals surface area contributed by atoms with Crippen LogP contribution in [-0.2, 0) is 0 Å². The highest BCUT2D eigenvalue weighted by molar-refractivity contribution is 6.31. The van der Waals surface area contributed by atoms with Crippen molar-refractivity contribution in [3.63, 3.8) is 0 Å². The van der Waals surface area contributed by atoms with Crippen LogP contribution in [0.5, 0.6) is 5.75 Å². The lowest BCUT2D eigenvalue weighted by Crippen LogP contribution is -2.30. The topological polar surface area (TPSA) is 82.4 Å². The van der Waals surface area contributed by atoms with Crippen LogP contribution in [0.15, 0.2) is 18.2 Å². The number of likely N-dealkylation sites (tertiary alicyclic amines) is 2. The standard InChI is InChI=1S/C23H27ClFN5O2/c1-14-21(24)15(2)28-22(27-14)18-12-30(13-19(18)26)23(31)17-6-5-16(25)11-20(17)32-10-9-29-7-3-4-8-29/h5-6,11,18,26H,3-4,7-10,12-13H2,1-2H3. The maximum atomic E-state index is 13.9. The predicted molar refractivity (Wildman–Crippen MR) is 120 cm³/mol. The van der Waals surface area contributed by atoms with Gasteiger partial charge in [-0.2, -0.15) is 0 Å². The Hall–Kier alpha value is -2.58. The summed E-state index contributed by atoms with van der Waals surface area (Å²) < 4.78 is 19.7. The third-order valence-corrected chi connectivity index (χ3v) is 6.57. The molecule has 2 fully saturated rings. The summed E-state index contributed by atoms with van der Waals surface area (Å²) in [6.07, 6.45) is 2.37. The number of hydrogen-bond donors (Lipinski definition) is 1. The fourth-order valence-electron chi connectivity index (χ4n) is 4.24. The molecule has 0 spiro atoms. The summed E-state index contributed by atoms with van der Waals surface area (Å²) in [5.74, 6) is -0.417. The highest BCUT2D eigenvalue weighted by atomic mass is 35.5. The highest BCUT2D eigenvalue weighted by Crippen LogP contribution is 2.29. The fourth-order valence-corrected chi connectivity index (χ4v) is 4.33. The highest BCUT2D eigenvalue weighted by Gasteiger charge is 2.35. The average Bonchev–Trinajstić information content (AvgIpc) is 3.41. The molecule has 0 bridgehead atoms. The first-order valence-electron chi connectivity index (χ1n) is 10.9. The first-order chi connectivity index (χ1) is 15.3. The maximum absolute atomic E-state index is 13.9. The van der Waals surface area contributed by atoms with Crippen LogP contribution in [-0.4, -0.2) is 70.7 Å². The van der Waals surface area contributed by atoms with E-state index < -0.39 is 11.7 Å². The van der Waals surface area contributed by atoms with E-state index in [9.17, 15) is 9.18 Å². The Kier molecular flexibility index (Phi) is 6.71. The molecule has 2 aliphatic rings. The minimum Gasteiger partial charge on any atom is -0.491 e. The lowest BCUT2D eigenvalue weighted by atomic mass is 10.1. The van der Waals surface area contributed by atoms with Gasteiger partial charge in [-0.15, -0.1) is 0 Å². The van der Waals surface area contributed by atoms with Crippen LogP contribution in [0.3, 0.4) is 0 Å². The number of aromatic nitrogens is 2. The lowest BCUT2D eigenvalue weighted by molar-refractivity contribution is 0.0790. The van der Waals surface area contributed by atoms with Crippen LogP contribution in [0.25, 0.3) is 0 Å². The molecular weight excluding hydrogens is 433 g/mol. The van der Waals surface area contributed by atoms with Gasteiger partial charge < -0.3 is 15.0 Å². The molecule has 1 N–H and O–H groups in total. The number of benzene rings is 1. The van der Waals surface area contributed by atoms with Crippen molar-refractivity contribution in [2.24, 2.45) is 0 Å². The quantitative estimate of drug-likeness (QED) is 0.713. The second-order valence-corrected chi connectivity index (χ2v) is 8.75. The molecule has 4 rings (SSSR count). The van der Waals surface area contributed by atoms with Crippen molar-refractivity contribution in [3.8, 4) is 5.75 Å². The second kappa shape index (κ2) is 9.50. The van der Waals surface area contributed by atoms with Crippen molar-refractivity contribution >= 4 is 23.2 Å². The molecule has 2 aliphatic heterocycles. The first kappa shape index (κ1) is 22.6. The van der Waals surface area contributed by atoms with Gasteiger partial charge in [0, 0.05) is 24.9 Å². The van der Waals surface area contributed by atoms with Crippen LogP contribution < -0.4 is 4.74 Å². The van der Waals surface area contributed by atoms with Crippen LogP contribution in [0.2, 0.25) is 5.02 Å². The molecule has 1 amide bonds. The minimum absolute atomic E-state index is 0.165. The van der Waals surface area contributed by atoms with Crippen molar-refractivity contribution in [1.82, 2.24) is 19.8 Å². The molecular formula is C23H27ClFN5O2. The number of nitrogens with zero attached hydrogens (tertiary/aromatic N) is 4. The molecule has 1 atom stereocenters. The summed E-state index contributed by atoms with van der Waals surface area (Å²) in [5, 5.41) is 8.92. The Labute approximate surface area is 192 Å². The lowest BCUT2D eigenvalue weighted by Gasteiger charge is -2.19. The number of ether oxygens (including phenoxy) is 1. The summed E-state index contributed by atoms with van der Waals surface area (Å²) in [5.41, 5.74) is 1.96. The Morgan fingerprint density at radius 2 is 1.94 bits per heavy atom. The molecule has 0 saturated carbocycles. The summed E-state index contributed by atoms with van der Waals surface area (Å²) >= 11 is 6.17. The molecule has 3 heterocycles. The molecule has 7 nitrogen and oxygen atoms in total. The van der Waals surface area contributed by atoms with Crippen molar-refractivity contribution in [2.45, 2.75) is 32.6 Å². The van der Waals surface area contributed by atoms with Gasteiger partial charge in [0.05, 0.1) is 34.4 Å². The molecule has 9 heteroatoms. The van der Waals surface area contributed by atoms with Gasteiger partial charge >= 0.3 is 0 Å². The molecule has 2 saturated heterocycles. The molecule has 0 aliphatic carbocycles. The van der Waals surface area contributed by atoms with E-state index >= 15 is 0 Å². The molecule has 170 valence electrons. The molecule has 1 aromatic carbocycles.